The van der Waals surface area contributed by atoms with E-state index < -0.39 is 0 Å². The van der Waals surface area contributed by atoms with Crippen LogP contribution in [0.2, 0.25) is 0 Å². The van der Waals surface area contributed by atoms with Gasteiger partial charge in [-0.2, -0.15) is 0 Å². The lowest BCUT2D eigenvalue weighted by Crippen LogP contribution is -1.67. The molecule has 0 spiro atoms. The zero-order chi connectivity index (χ0) is 8.13. The molecule has 0 fully saturated rings. The second-order valence-corrected chi connectivity index (χ2v) is 3.26. The normalized spacial score (nSPS) is 13.0. The number of hydrogen-bond donors (Lipinski definition) is 1. The van der Waals surface area contributed by atoms with E-state index in [1.807, 2.05) is 18.2 Å². The van der Waals surface area contributed by atoms with Crippen molar-refractivity contribution in [3.8, 4) is 16.9 Å². The number of hydrogen-bond acceptors (Lipinski definition) is 1. The van der Waals surface area contributed by atoms with Gasteiger partial charge in [0.15, 0.2) is 0 Å². The molecule has 3 aliphatic carbocycles. The van der Waals surface area contributed by atoms with Crippen LogP contribution in [-0.4, -0.2) is 5.11 Å². The first-order valence-electron chi connectivity index (χ1n) is 4.09. The minimum Gasteiger partial charge on any atom is -0.507 e. The Labute approximate surface area is 70.6 Å². The molecule has 0 atom stereocenters. The third-order valence-corrected chi connectivity index (χ3v) is 2.47. The molecule has 12 heavy (non-hydrogen) atoms. The van der Waals surface area contributed by atoms with Gasteiger partial charge in [0.2, 0.25) is 0 Å². The zero-order valence-corrected chi connectivity index (χ0v) is 6.54. The van der Waals surface area contributed by atoms with Crippen LogP contribution in [0.15, 0.2) is 30.3 Å². The van der Waals surface area contributed by atoms with Crippen LogP contribution >= 0.6 is 0 Å². The van der Waals surface area contributed by atoms with Gasteiger partial charge >= 0.3 is 0 Å². The van der Waals surface area contributed by atoms with Crippen molar-refractivity contribution >= 4 is 0 Å². The monoisotopic (exact) mass is 156 g/mol. The van der Waals surface area contributed by atoms with E-state index >= 15 is 0 Å². The highest BCUT2D eigenvalue weighted by Crippen LogP contribution is 2.43. The predicted octanol–water partition coefficient (Wildman–Crippen LogP) is 2.40. The van der Waals surface area contributed by atoms with Crippen molar-refractivity contribution in [1.29, 1.82) is 0 Å². The first-order valence-corrected chi connectivity index (χ1v) is 4.09. The fourth-order valence-electron chi connectivity index (χ4n) is 1.77. The summed E-state index contributed by atoms with van der Waals surface area (Å²) in [5.41, 5.74) is 4.88. The van der Waals surface area contributed by atoms with E-state index in [4.69, 9.17) is 0 Å². The molecular weight excluding hydrogens is 148 g/mol. The van der Waals surface area contributed by atoms with E-state index in [2.05, 4.69) is 6.07 Å². The molecule has 0 saturated heterocycles. The Bertz CT molecular complexity index is 432. The third-order valence-electron chi connectivity index (χ3n) is 2.47. The van der Waals surface area contributed by atoms with Crippen molar-refractivity contribution in [2.75, 3.05) is 0 Å². The first-order chi connectivity index (χ1) is 5.86. The molecule has 0 aromatic rings. The number of aromatic hydroxyl groups is 1. The summed E-state index contributed by atoms with van der Waals surface area (Å²) in [5, 5.41) is 9.54. The van der Waals surface area contributed by atoms with E-state index in [1.54, 1.807) is 6.07 Å². The second kappa shape index (κ2) is 1.81. The lowest BCUT2D eigenvalue weighted by molar-refractivity contribution is 0.479. The standard InChI is InChI=1S/C11H8O/c12-10-5-4-7-2-1-3-8-6-9(8)11(7)10/h1-5,12H,6H2. The quantitative estimate of drug-likeness (QED) is 0.530. The van der Waals surface area contributed by atoms with Gasteiger partial charge in [-0.1, -0.05) is 24.3 Å². The van der Waals surface area contributed by atoms with Crippen LogP contribution in [0.4, 0.5) is 0 Å². The maximum Gasteiger partial charge on any atom is 0.123 e. The molecule has 1 N–H and O–H groups in total. The molecule has 1 heteroatoms. The van der Waals surface area contributed by atoms with Crippen LogP contribution in [0.5, 0.6) is 5.75 Å². The fourth-order valence-corrected chi connectivity index (χ4v) is 1.77. The zero-order valence-electron chi connectivity index (χ0n) is 6.54. The maximum atomic E-state index is 9.54. The maximum absolute atomic E-state index is 9.54. The molecule has 0 radical (unpaired) electrons. The smallest absolute Gasteiger partial charge is 0.123 e. The van der Waals surface area contributed by atoms with Crippen LogP contribution in [-0.2, 0) is 6.42 Å². The lowest BCUT2D eigenvalue weighted by Gasteiger charge is -1.92. The highest BCUT2D eigenvalue weighted by Gasteiger charge is 2.24. The van der Waals surface area contributed by atoms with Crippen molar-refractivity contribution in [2.45, 2.75) is 6.42 Å². The van der Waals surface area contributed by atoms with Gasteiger partial charge in [0, 0.05) is 5.56 Å². The average Bonchev–Trinajstić information content (AvgIpc) is 2.71. The molecule has 0 aromatic heterocycles. The SMILES string of the molecule is Oc1ccc2cccc3c(c1-2)C3. The van der Waals surface area contributed by atoms with Crippen LogP contribution in [0.3, 0.4) is 0 Å². The van der Waals surface area contributed by atoms with E-state index in [0.29, 0.717) is 5.75 Å². The van der Waals surface area contributed by atoms with Gasteiger partial charge in [-0.25, -0.2) is 0 Å². The molecule has 0 aromatic carbocycles. The number of rotatable bonds is 0. The van der Waals surface area contributed by atoms with Gasteiger partial charge in [-0.15, -0.1) is 0 Å². The van der Waals surface area contributed by atoms with Crippen LogP contribution in [0, 0.1) is 0 Å². The van der Waals surface area contributed by atoms with E-state index in [1.165, 1.54) is 11.1 Å². The van der Waals surface area contributed by atoms with Gasteiger partial charge in [-0.05, 0) is 29.2 Å². The first kappa shape index (κ1) is 6.06. The Kier molecular flexibility index (Phi) is 0.912. The molecule has 1 nitrogen and oxygen atoms in total. The van der Waals surface area contributed by atoms with Crippen molar-refractivity contribution in [3.05, 3.63) is 41.5 Å². The molecule has 3 rings (SSSR count). The summed E-state index contributed by atoms with van der Waals surface area (Å²) in [4.78, 5) is 0. The van der Waals surface area contributed by atoms with E-state index in [0.717, 1.165) is 17.5 Å². The van der Waals surface area contributed by atoms with Crippen molar-refractivity contribution in [2.24, 2.45) is 0 Å². The second-order valence-electron chi connectivity index (χ2n) is 3.26. The Morgan fingerprint density at radius 1 is 1.08 bits per heavy atom. The largest absolute Gasteiger partial charge is 0.507 e. The summed E-state index contributed by atoms with van der Waals surface area (Å²) >= 11 is 0. The summed E-state index contributed by atoms with van der Waals surface area (Å²) in [7, 11) is 0. The van der Waals surface area contributed by atoms with Gasteiger partial charge in [0.05, 0.1) is 0 Å². The molecule has 3 aliphatic rings. The third kappa shape index (κ3) is 0.632. The Morgan fingerprint density at radius 2 is 2.00 bits per heavy atom. The lowest BCUT2D eigenvalue weighted by atomic mass is 10.1. The Morgan fingerprint density at radius 3 is 2.92 bits per heavy atom. The summed E-state index contributed by atoms with van der Waals surface area (Å²) in [6.07, 6.45) is 1.05. The summed E-state index contributed by atoms with van der Waals surface area (Å²) in [5.74, 6) is 0.426. The van der Waals surface area contributed by atoms with E-state index in [9.17, 15) is 5.11 Å². The van der Waals surface area contributed by atoms with Crippen LogP contribution < -0.4 is 0 Å². The van der Waals surface area contributed by atoms with Crippen molar-refractivity contribution in [3.63, 3.8) is 0 Å². The average molecular weight is 156 g/mol. The molecule has 0 aliphatic heterocycles. The molecule has 0 amide bonds. The molecule has 58 valence electrons. The van der Waals surface area contributed by atoms with Gasteiger partial charge in [0.25, 0.3) is 0 Å². The minimum absolute atomic E-state index is 0.426. The van der Waals surface area contributed by atoms with Crippen LogP contribution in [0.1, 0.15) is 11.1 Å². The highest BCUT2D eigenvalue weighted by atomic mass is 16.3. The predicted molar refractivity (Wildman–Crippen MR) is 47.5 cm³/mol. The van der Waals surface area contributed by atoms with E-state index in [-0.39, 0.29) is 0 Å². The fraction of sp³-hybridized carbons (Fsp3) is 0.0909. The minimum atomic E-state index is 0.426. The van der Waals surface area contributed by atoms with Gasteiger partial charge in [0.1, 0.15) is 5.75 Å². The topological polar surface area (TPSA) is 20.2 Å². The summed E-state index contributed by atoms with van der Waals surface area (Å²) in [6.45, 7) is 0. The highest BCUT2D eigenvalue weighted by molar-refractivity contribution is 5.81. The van der Waals surface area contributed by atoms with Gasteiger partial charge in [-0.3, -0.25) is 0 Å². The molecule has 0 unspecified atom stereocenters. The molecule has 0 saturated carbocycles. The molecular formula is C11H8O. The Balaban J connectivity index is 2.46. The molecule has 0 heterocycles. The van der Waals surface area contributed by atoms with Crippen LogP contribution in [0.25, 0.3) is 11.1 Å². The summed E-state index contributed by atoms with van der Waals surface area (Å²) < 4.78 is 0. The van der Waals surface area contributed by atoms with Crippen molar-refractivity contribution < 1.29 is 5.11 Å². The van der Waals surface area contributed by atoms with Gasteiger partial charge < -0.3 is 5.11 Å². The number of fused-ring (bicyclic) bond motifs is 3. The summed E-state index contributed by atoms with van der Waals surface area (Å²) in [6, 6.07) is 9.94. The van der Waals surface area contributed by atoms with Crippen molar-refractivity contribution in [1.82, 2.24) is 0 Å². The Hall–Kier alpha value is -1.50. The molecule has 0 bridgehead atoms.